The average Bonchev–Trinajstić information content (AvgIpc) is 3.21. The molecular formula is C16H19NO2. The Kier molecular flexibility index (Phi) is 2.38. The lowest BCUT2D eigenvalue weighted by atomic mass is 9.73. The zero-order chi connectivity index (χ0) is 12.9. The number of hydrogen-bond acceptors (Lipinski definition) is 2. The smallest absolute Gasteiger partial charge is 0.223 e. The molecule has 1 spiro atoms. The number of benzene rings is 1. The highest BCUT2D eigenvalue weighted by molar-refractivity contribution is 5.81. The van der Waals surface area contributed by atoms with Gasteiger partial charge in [0.05, 0.1) is 6.04 Å². The molecule has 4 rings (SSSR count). The van der Waals surface area contributed by atoms with Crippen molar-refractivity contribution in [3.63, 3.8) is 0 Å². The van der Waals surface area contributed by atoms with Gasteiger partial charge in [0.1, 0.15) is 11.4 Å². The first kappa shape index (κ1) is 11.3. The van der Waals surface area contributed by atoms with Gasteiger partial charge in [0, 0.05) is 17.9 Å². The van der Waals surface area contributed by atoms with Gasteiger partial charge >= 0.3 is 0 Å². The van der Waals surface area contributed by atoms with Crippen LogP contribution in [-0.2, 0) is 4.79 Å². The normalized spacial score (nSPS) is 27.1. The molecule has 1 atom stereocenters. The topological polar surface area (TPSA) is 38.3 Å². The Labute approximate surface area is 113 Å². The average molecular weight is 257 g/mol. The van der Waals surface area contributed by atoms with Crippen LogP contribution < -0.4 is 10.1 Å². The Morgan fingerprint density at radius 2 is 2.05 bits per heavy atom. The third-order valence-corrected chi connectivity index (χ3v) is 4.73. The van der Waals surface area contributed by atoms with Gasteiger partial charge in [-0.25, -0.2) is 0 Å². The molecule has 3 nitrogen and oxygen atoms in total. The van der Waals surface area contributed by atoms with Gasteiger partial charge in [-0.05, 0) is 38.2 Å². The Hall–Kier alpha value is -1.51. The first-order chi connectivity index (χ1) is 9.26. The van der Waals surface area contributed by atoms with E-state index in [9.17, 15) is 4.79 Å². The zero-order valence-corrected chi connectivity index (χ0v) is 11.0. The van der Waals surface area contributed by atoms with Crippen LogP contribution in [0.3, 0.4) is 0 Å². The maximum absolute atomic E-state index is 12.0. The molecule has 1 N–H and O–H groups in total. The van der Waals surface area contributed by atoms with E-state index in [0.29, 0.717) is 0 Å². The van der Waals surface area contributed by atoms with E-state index in [1.165, 1.54) is 6.42 Å². The summed E-state index contributed by atoms with van der Waals surface area (Å²) in [6.07, 6.45) is 6.53. The molecule has 1 amide bonds. The Bertz CT molecular complexity index is 517. The number of rotatable bonds is 2. The highest BCUT2D eigenvalue weighted by atomic mass is 16.5. The number of hydrogen-bond donors (Lipinski definition) is 1. The van der Waals surface area contributed by atoms with Crippen molar-refractivity contribution in [2.45, 2.75) is 50.2 Å². The van der Waals surface area contributed by atoms with Crippen LogP contribution in [0.15, 0.2) is 24.3 Å². The molecule has 100 valence electrons. The summed E-state index contributed by atoms with van der Waals surface area (Å²) in [5.74, 6) is 1.47. The molecule has 0 aromatic heterocycles. The lowest BCUT2D eigenvalue weighted by Gasteiger charge is -2.48. The van der Waals surface area contributed by atoms with Crippen molar-refractivity contribution < 1.29 is 9.53 Å². The van der Waals surface area contributed by atoms with Gasteiger partial charge in [-0.2, -0.15) is 0 Å². The van der Waals surface area contributed by atoms with Crippen molar-refractivity contribution in [1.29, 1.82) is 0 Å². The van der Waals surface area contributed by atoms with E-state index in [0.717, 1.165) is 43.4 Å². The van der Waals surface area contributed by atoms with Gasteiger partial charge in [-0.3, -0.25) is 4.79 Å². The third-order valence-electron chi connectivity index (χ3n) is 4.73. The Morgan fingerprint density at radius 3 is 2.74 bits per heavy atom. The lowest BCUT2D eigenvalue weighted by molar-refractivity contribution is -0.124. The van der Waals surface area contributed by atoms with Crippen molar-refractivity contribution in [1.82, 2.24) is 5.32 Å². The quantitative estimate of drug-likeness (QED) is 0.884. The van der Waals surface area contributed by atoms with Gasteiger partial charge in [-0.1, -0.05) is 18.2 Å². The highest BCUT2D eigenvalue weighted by Crippen LogP contribution is 2.49. The van der Waals surface area contributed by atoms with Crippen molar-refractivity contribution in [3.05, 3.63) is 29.8 Å². The van der Waals surface area contributed by atoms with E-state index in [2.05, 4.69) is 11.4 Å². The second-order valence-electron chi connectivity index (χ2n) is 6.22. The number of fused-ring (bicyclic) bond motifs is 1. The highest BCUT2D eigenvalue weighted by Gasteiger charge is 2.46. The summed E-state index contributed by atoms with van der Waals surface area (Å²) in [7, 11) is 0. The second-order valence-corrected chi connectivity index (χ2v) is 6.22. The third kappa shape index (κ3) is 1.92. The van der Waals surface area contributed by atoms with Crippen LogP contribution >= 0.6 is 0 Å². The number of para-hydroxylation sites is 1. The maximum Gasteiger partial charge on any atom is 0.223 e. The minimum Gasteiger partial charge on any atom is -0.487 e. The fourth-order valence-corrected chi connectivity index (χ4v) is 3.26. The monoisotopic (exact) mass is 257 g/mol. The molecule has 1 aromatic rings. The fraction of sp³-hybridized carbons (Fsp3) is 0.562. The second kappa shape index (κ2) is 3.99. The summed E-state index contributed by atoms with van der Waals surface area (Å²) in [6, 6.07) is 8.29. The SMILES string of the molecule is O=C(NC1CC2(CCC2)Oc2ccccc21)C1CC1. The molecule has 19 heavy (non-hydrogen) atoms. The standard InChI is InChI=1S/C16H19NO2/c18-15(11-6-7-11)17-13-10-16(8-3-9-16)19-14-5-2-1-4-12(13)14/h1-2,4-5,11,13H,3,6-10H2,(H,17,18). The van der Waals surface area contributed by atoms with E-state index >= 15 is 0 Å². The largest absolute Gasteiger partial charge is 0.487 e. The van der Waals surface area contributed by atoms with Crippen LogP contribution in [0.5, 0.6) is 5.75 Å². The van der Waals surface area contributed by atoms with Crippen molar-refractivity contribution in [2.24, 2.45) is 5.92 Å². The minimum atomic E-state index is -0.00412. The predicted molar refractivity (Wildman–Crippen MR) is 71.9 cm³/mol. The molecule has 0 radical (unpaired) electrons. The molecule has 1 aromatic carbocycles. The van der Waals surface area contributed by atoms with Gasteiger partial charge in [0.2, 0.25) is 5.91 Å². The van der Waals surface area contributed by atoms with E-state index in [1.807, 2.05) is 18.2 Å². The number of carbonyl (C=O) groups excluding carboxylic acids is 1. The van der Waals surface area contributed by atoms with E-state index in [4.69, 9.17) is 4.74 Å². The Morgan fingerprint density at radius 1 is 1.26 bits per heavy atom. The summed E-state index contributed by atoms with van der Waals surface area (Å²) in [5, 5.41) is 3.24. The molecule has 2 aliphatic carbocycles. The zero-order valence-electron chi connectivity index (χ0n) is 11.0. The molecule has 1 heterocycles. The fourth-order valence-electron chi connectivity index (χ4n) is 3.26. The van der Waals surface area contributed by atoms with Crippen LogP contribution in [0.2, 0.25) is 0 Å². The van der Waals surface area contributed by atoms with Crippen molar-refractivity contribution in [2.75, 3.05) is 0 Å². The number of ether oxygens (including phenoxy) is 1. The van der Waals surface area contributed by atoms with Gasteiger partial charge in [-0.15, -0.1) is 0 Å². The van der Waals surface area contributed by atoms with Gasteiger partial charge in [0.25, 0.3) is 0 Å². The molecular weight excluding hydrogens is 238 g/mol. The number of amides is 1. The van der Waals surface area contributed by atoms with Crippen LogP contribution in [0.25, 0.3) is 0 Å². The van der Waals surface area contributed by atoms with Crippen molar-refractivity contribution in [3.8, 4) is 5.75 Å². The van der Waals surface area contributed by atoms with E-state index < -0.39 is 0 Å². The number of nitrogens with one attached hydrogen (secondary N) is 1. The summed E-state index contributed by atoms with van der Waals surface area (Å²) >= 11 is 0. The lowest BCUT2D eigenvalue weighted by Crippen LogP contribution is -2.49. The van der Waals surface area contributed by atoms with E-state index in [1.54, 1.807) is 0 Å². The first-order valence-electron chi connectivity index (χ1n) is 7.34. The number of carbonyl (C=O) groups is 1. The minimum absolute atomic E-state index is 0.00412. The summed E-state index contributed by atoms with van der Waals surface area (Å²) in [6.45, 7) is 0. The Balaban J connectivity index is 1.62. The molecule has 1 unspecified atom stereocenters. The molecule has 3 heteroatoms. The van der Waals surface area contributed by atoms with Gasteiger partial charge in [0.15, 0.2) is 0 Å². The maximum atomic E-state index is 12.0. The molecule has 2 saturated carbocycles. The summed E-state index contributed by atoms with van der Waals surface area (Å²) in [5.41, 5.74) is 1.14. The van der Waals surface area contributed by atoms with Crippen LogP contribution in [-0.4, -0.2) is 11.5 Å². The molecule has 0 saturated heterocycles. The summed E-state index contributed by atoms with van der Waals surface area (Å²) in [4.78, 5) is 12.0. The van der Waals surface area contributed by atoms with Crippen LogP contribution in [0, 0.1) is 5.92 Å². The molecule has 2 fully saturated rings. The van der Waals surface area contributed by atoms with Gasteiger partial charge < -0.3 is 10.1 Å². The molecule has 0 bridgehead atoms. The first-order valence-corrected chi connectivity index (χ1v) is 7.34. The molecule has 3 aliphatic rings. The predicted octanol–water partition coefficient (Wildman–Crippen LogP) is 2.96. The van der Waals surface area contributed by atoms with E-state index in [-0.39, 0.29) is 23.5 Å². The van der Waals surface area contributed by atoms with Crippen LogP contribution in [0.1, 0.15) is 50.1 Å². The van der Waals surface area contributed by atoms with Crippen LogP contribution in [0.4, 0.5) is 0 Å². The van der Waals surface area contributed by atoms with Crippen molar-refractivity contribution >= 4 is 5.91 Å². The summed E-state index contributed by atoms with van der Waals surface area (Å²) < 4.78 is 6.19. The molecule has 1 aliphatic heterocycles.